The molecule has 0 fully saturated rings. The number of aryl methyl sites for hydroxylation is 2. The zero-order valence-corrected chi connectivity index (χ0v) is 40.6. The van der Waals surface area contributed by atoms with Gasteiger partial charge in [0.2, 0.25) is 5.71 Å². The number of imidazole rings is 1. The standard InChI is InChI=1S/C35H31N4O.C18H24NSi.Ir/c1-19(2)26-18-23-11-7-8-12-24(23)29(20(3)4)32(26)39-28-14-10-9-13-27(28)38-34(39)25-15-16-36-31-30-21(5)17-22(6)37-35(30)40-33(25)31;1-14(2)11-16-12-17(15-9-7-6-8-10-15)19-13-18(16)20(3,4)5;/h7-14,16-20H,1-6H3;6-9,12-14H,11H2,1-5H3;/q2*-1;. The van der Waals surface area contributed by atoms with E-state index in [2.05, 4.69) is 163 Å². The molecule has 0 unspecified atom stereocenters. The molecule has 0 aliphatic heterocycles. The molecule has 5 heterocycles. The molecule has 61 heavy (non-hydrogen) atoms. The van der Waals surface area contributed by atoms with E-state index in [4.69, 9.17) is 19.4 Å². The first-order valence-electron chi connectivity index (χ1n) is 21.3. The zero-order chi connectivity index (χ0) is 42.5. The number of para-hydroxylation sites is 2. The van der Waals surface area contributed by atoms with Gasteiger partial charge in [-0.25, -0.2) is 4.98 Å². The van der Waals surface area contributed by atoms with Gasteiger partial charge in [0.05, 0.1) is 35.6 Å². The smallest absolute Gasteiger partial charge is 0.215 e. The largest absolute Gasteiger partial charge is 0.499 e. The third-order valence-corrected chi connectivity index (χ3v) is 13.4. The molecule has 4 aromatic carbocycles. The average Bonchev–Trinajstić information content (AvgIpc) is 3.78. The van der Waals surface area contributed by atoms with E-state index in [0.29, 0.717) is 23.1 Å². The maximum absolute atomic E-state index is 6.45. The van der Waals surface area contributed by atoms with Crippen LogP contribution < -0.4 is 5.19 Å². The van der Waals surface area contributed by atoms with E-state index in [-0.39, 0.29) is 26.0 Å². The van der Waals surface area contributed by atoms with E-state index in [1.165, 1.54) is 38.3 Å². The number of pyridine rings is 3. The van der Waals surface area contributed by atoms with Crippen molar-refractivity contribution in [3.05, 3.63) is 143 Å². The molecule has 0 amide bonds. The Morgan fingerprint density at radius 1 is 0.787 bits per heavy atom. The maximum atomic E-state index is 6.45. The van der Waals surface area contributed by atoms with Crippen LogP contribution in [0.25, 0.3) is 72.3 Å². The van der Waals surface area contributed by atoms with E-state index < -0.39 is 8.07 Å². The number of hydrogen-bond donors (Lipinski definition) is 0. The number of furan rings is 1. The van der Waals surface area contributed by atoms with Crippen molar-refractivity contribution >= 4 is 57.3 Å². The maximum Gasteiger partial charge on any atom is 0.215 e. The van der Waals surface area contributed by atoms with Gasteiger partial charge in [0.25, 0.3) is 0 Å². The SMILES string of the molecule is CC(C)Cc1cc(-c2[c-]cccc2)ncc1[Si](C)(C)C.Cc1cc(C)c2c(n1)oc1c(-c3nc4ccccc4n3-c3c(C(C)C)cc4ccccc4c3C(C)C)[c-]cnc12.[Ir]. The molecule has 0 N–H and O–H groups in total. The first-order valence-corrected chi connectivity index (χ1v) is 24.8. The first kappa shape index (κ1) is 43.8. The van der Waals surface area contributed by atoms with Crippen LogP contribution in [0.15, 0.2) is 108 Å². The van der Waals surface area contributed by atoms with E-state index >= 15 is 0 Å². The number of benzene rings is 4. The number of nitrogens with zero attached hydrogens (tertiary/aromatic N) is 5. The Hall–Kier alpha value is -5.27. The fourth-order valence-electron chi connectivity index (χ4n) is 8.67. The van der Waals surface area contributed by atoms with Crippen LogP contribution in [0.1, 0.15) is 81.3 Å². The topological polar surface area (TPSA) is 69.6 Å². The van der Waals surface area contributed by atoms with Crippen LogP contribution in [-0.2, 0) is 26.5 Å². The summed E-state index contributed by atoms with van der Waals surface area (Å²) in [5.74, 6) is 2.05. The molecule has 0 saturated heterocycles. The molecule has 0 aliphatic rings. The summed E-state index contributed by atoms with van der Waals surface area (Å²) in [5.41, 5.74) is 14.2. The Morgan fingerprint density at radius 2 is 1.52 bits per heavy atom. The van der Waals surface area contributed by atoms with Crippen LogP contribution >= 0.6 is 0 Å². The molecule has 9 aromatic rings. The van der Waals surface area contributed by atoms with Gasteiger partial charge in [-0.2, -0.15) is 0 Å². The van der Waals surface area contributed by atoms with E-state index in [1.807, 2.05) is 31.2 Å². The van der Waals surface area contributed by atoms with Crippen molar-refractivity contribution in [2.75, 3.05) is 0 Å². The van der Waals surface area contributed by atoms with Gasteiger partial charge >= 0.3 is 0 Å². The predicted octanol–water partition coefficient (Wildman–Crippen LogP) is 13.5. The Bertz CT molecular complexity index is 3010. The van der Waals surface area contributed by atoms with E-state index in [9.17, 15) is 0 Å². The summed E-state index contributed by atoms with van der Waals surface area (Å²) in [5, 5.41) is 4.96. The molecule has 313 valence electrons. The van der Waals surface area contributed by atoms with Crippen LogP contribution in [0.3, 0.4) is 0 Å². The summed E-state index contributed by atoms with van der Waals surface area (Å²) >= 11 is 0. The van der Waals surface area contributed by atoms with Crippen molar-refractivity contribution in [3.8, 4) is 28.3 Å². The van der Waals surface area contributed by atoms with Gasteiger partial charge in [-0.1, -0.05) is 109 Å². The third-order valence-electron chi connectivity index (χ3n) is 11.3. The molecular formula is C53H55IrN5OSi-2. The quantitative estimate of drug-likeness (QED) is 0.112. The van der Waals surface area contributed by atoms with E-state index in [0.717, 1.165) is 62.3 Å². The van der Waals surface area contributed by atoms with Crippen LogP contribution in [0.4, 0.5) is 0 Å². The molecule has 8 heteroatoms. The van der Waals surface area contributed by atoms with Crippen molar-refractivity contribution in [3.63, 3.8) is 0 Å². The monoisotopic (exact) mass is 998 g/mol. The van der Waals surface area contributed by atoms with E-state index in [1.54, 1.807) is 6.20 Å². The summed E-state index contributed by atoms with van der Waals surface area (Å²) in [6, 6.07) is 38.5. The van der Waals surface area contributed by atoms with Crippen molar-refractivity contribution in [1.29, 1.82) is 0 Å². The molecular weight excluding hydrogens is 943 g/mol. The minimum absolute atomic E-state index is 0. The van der Waals surface area contributed by atoms with Gasteiger partial charge in [-0.3, -0.25) is 9.97 Å². The van der Waals surface area contributed by atoms with Gasteiger partial charge in [-0.05, 0) is 107 Å². The second kappa shape index (κ2) is 17.6. The Balaban J connectivity index is 0.000000226. The summed E-state index contributed by atoms with van der Waals surface area (Å²) in [6.07, 6.45) is 4.98. The van der Waals surface area contributed by atoms with Crippen LogP contribution in [0, 0.1) is 31.9 Å². The van der Waals surface area contributed by atoms with Crippen molar-refractivity contribution in [2.45, 2.75) is 93.3 Å². The summed E-state index contributed by atoms with van der Waals surface area (Å²) < 4.78 is 8.78. The van der Waals surface area contributed by atoms with Crippen molar-refractivity contribution < 1.29 is 24.5 Å². The number of fused-ring (bicyclic) bond motifs is 5. The van der Waals surface area contributed by atoms with Crippen LogP contribution in [0.2, 0.25) is 19.6 Å². The molecule has 0 spiro atoms. The Labute approximate surface area is 375 Å². The molecule has 9 rings (SSSR count). The zero-order valence-electron chi connectivity index (χ0n) is 37.2. The van der Waals surface area contributed by atoms with Crippen LogP contribution in [0.5, 0.6) is 0 Å². The average molecular weight is 998 g/mol. The normalized spacial score (nSPS) is 11.9. The number of aromatic nitrogens is 5. The predicted molar refractivity (Wildman–Crippen MR) is 253 cm³/mol. The molecule has 6 nitrogen and oxygen atoms in total. The first-order chi connectivity index (χ1) is 28.7. The van der Waals surface area contributed by atoms with Gasteiger partial charge in [0.1, 0.15) is 0 Å². The number of hydrogen-bond acceptors (Lipinski definition) is 5. The minimum atomic E-state index is -1.34. The van der Waals surface area contributed by atoms with Gasteiger partial charge in [0, 0.05) is 43.5 Å². The third kappa shape index (κ3) is 8.51. The molecule has 0 atom stereocenters. The molecule has 1 radical (unpaired) electrons. The van der Waals surface area contributed by atoms with Crippen LogP contribution in [-0.4, -0.2) is 32.6 Å². The number of rotatable bonds is 8. The molecule has 0 saturated carbocycles. The summed E-state index contributed by atoms with van der Waals surface area (Å²) in [7, 11) is -1.34. The van der Waals surface area contributed by atoms with Gasteiger partial charge in [0.15, 0.2) is 0 Å². The van der Waals surface area contributed by atoms with Crippen molar-refractivity contribution in [1.82, 2.24) is 24.5 Å². The second-order valence-electron chi connectivity index (χ2n) is 18.2. The van der Waals surface area contributed by atoms with Gasteiger partial charge < -0.3 is 14.0 Å². The fourth-order valence-corrected chi connectivity index (χ4v) is 10.3. The Kier molecular flexibility index (Phi) is 12.6. The van der Waals surface area contributed by atoms with Gasteiger partial charge in [-0.15, -0.1) is 47.5 Å². The molecule has 5 aromatic heterocycles. The summed E-state index contributed by atoms with van der Waals surface area (Å²) in [6.45, 7) is 24.9. The summed E-state index contributed by atoms with van der Waals surface area (Å²) in [4.78, 5) is 19.3. The second-order valence-corrected chi connectivity index (χ2v) is 23.2. The molecule has 0 bridgehead atoms. The fraction of sp³-hybridized carbons (Fsp3) is 0.283. The molecule has 0 aliphatic carbocycles. The van der Waals surface area contributed by atoms with Crippen molar-refractivity contribution in [2.24, 2.45) is 5.92 Å². The Morgan fingerprint density at radius 3 is 2.23 bits per heavy atom. The minimum Gasteiger partial charge on any atom is -0.499 e.